The Bertz CT molecular complexity index is 1070. The molecule has 0 saturated heterocycles. The number of hydrogen-bond acceptors (Lipinski definition) is 2. The lowest BCUT2D eigenvalue weighted by molar-refractivity contribution is 0.797. The average Bonchev–Trinajstić information content (AvgIpc) is 3.59. The van der Waals surface area contributed by atoms with Gasteiger partial charge in [-0.1, -0.05) is 26.7 Å². The molecule has 2 N–H and O–H groups in total. The van der Waals surface area contributed by atoms with Gasteiger partial charge in [-0.3, -0.25) is 9.98 Å². The second kappa shape index (κ2) is 13.8. The second-order valence-electron chi connectivity index (χ2n) is 9.02. The van der Waals surface area contributed by atoms with Crippen molar-refractivity contribution in [3.8, 4) is 0 Å². The van der Waals surface area contributed by atoms with Gasteiger partial charge in [0.15, 0.2) is 0 Å². The third-order valence-electron chi connectivity index (χ3n) is 6.61. The van der Waals surface area contributed by atoms with Crippen molar-refractivity contribution in [3.63, 3.8) is 0 Å². The Balaban J connectivity index is 0.00000216. The summed E-state index contributed by atoms with van der Waals surface area (Å²) in [5.74, 6) is 0. The first-order chi connectivity index (χ1) is 16.1. The molecular weight excluding hydrogens is 564 g/mol. The Hall–Kier alpha value is -2.18. The van der Waals surface area contributed by atoms with E-state index >= 15 is 0 Å². The first-order valence-electron chi connectivity index (χ1n) is 12.4. The van der Waals surface area contributed by atoms with E-state index in [0.29, 0.717) is 0 Å². The molecule has 2 aromatic heterocycles. The number of aromatic amines is 2. The number of rotatable bonds is 10. The van der Waals surface area contributed by atoms with Gasteiger partial charge in [-0.25, -0.2) is 0 Å². The van der Waals surface area contributed by atoms with Gasteiger partial charge < -0.3 is 9.97 Å². The van der Waals surface area contributed by atoms with Gasteiger partial charge in [0.2, 0.25) is 0 Å². The van der Waals surface area contributed by atoms with Crippen molar-refractivity contribution >= 4 is 57.5 Å². The lowest BCUT2D eigenvalue weighted by Gasteiger charge is -2.11. The topological polar surface area (TPSA) is 56.3 Å². The molecule has 2 aliphatic rings. The summed E-state index contributed by atoms with van der Waals surface area (Å²) < 4.78 is 0. The van der Waals surface area contributed by atoms with Gasteiger partial charge >= 0.3 is 0 Å². The molecule has 0 aromatic carbocycles. The number of H-pyrrole nitrogens is 2. The Morgan fingerprint density at radius 3 is 1.49 bits per heavy atom. The van der Waals surface area contributed by atoms with Crippen LogP contribution in [-0.2, 0) is 0 Å². The fourth-order valence-electron chi connectivity index (χ4n) is 4.60. The largest absolute Gasteiger partial charge is 0.362 e. The maximum Gasteiger partial charge on any atom is 0.0686 e. The van der Waals surface area contributed by atoms with E-state index in [0.717, 1.165) is 42.0 Å². The summed E-state index contributed by atoms with van der Waals surface area (Å²) >= 11 is 0. The Kier molecular flexibility index (Phi) is 11.4. The minimum Gasteiger partial charge on any atom is -0.362 e. The lowest BCUT2D eigenvalue weighted by atomic mass is 9.92. The van der Waals surface area contributed by atoms with Crippen LogP contribution in [0.2, 0.25) is 0 Å². The van der Waals surface area contributed by atoms with Crippen LogP contribution in [0, 0.1) is 0 Å². The average molecular weight is 602 g/mol. The molecule has 0 fully saturated rings. The normalized spacial score (nSPS) is 17.7. The Morgan fingerprint density at radius 2 is 1.14 bits per heavy atom. The van der Waals surface area contributed by atoms with Crippen molar-refractivity contribution in [3.05, 3.63) is 81.7 Å². The molecule has 4 nitrogen and oxygen atoms in total. The van der Waals surface area contributed by atoms with E-state index in [9.17, 15) is 0 Å². The highest BCUT2D eigenvalue weighted by Gasteiger charge is 2.26. The SMILES string of the molecule is Br.Br.CCCCC1=C(C)/C(=C/c2ccc[nH]2)N=C1CC1=N/C(=C/c2ccc[nH]2)C(C)=C1CCCC. The summed E-state index contributed by atoms with van der Waals surface area (Å²) in [4.78, 5) is 16.8. The predicted octanol–water partition coefficient (Wildman–Crippen LogP) is 9.19. The molecule has 0 saturated carbocycles. The molecule has 2 aliphatic heterocycles. The Labute approximate surface area is 231 Å². The van der Waals surface area contributed by atoms with Gasteiger partial charge in [0, 0.05) is 30.2 Å². The molecular formula is C29H38Br2N4. The number of aromatic nitrogens is 2. The third-order valence-corrected chi connectivity index (χ3v) is 6.61. The van der Waals surface area contributed by atoms with Gasteiger partial charge in [-0.2, -0.15) is 0 Å². The van der Waals surface area contributed by atoms with Crippen LogP contribution < -0.4 is 0 Å². The second-order valence-corrected chi connectivity index (χ2v) is 9.02. The first-order valence-corrected chi connectivity index (χ1v) is 12.4. The number of unbranched alkanes of at least 4 members (excludes halogenated alkanes) is 2. The smallest absolute Gasteiger partial charge is 0.0686 e. The number of halogens is 2. The number of hydrogen-bond donors (Lipinski definition) is 2. The van der Waals surface area contributed by atoms with Crippen LogP contribution in [0.5, 0.6) is 0 Å². The van der Waals surface area contributed by atoms with E-state index in [1.807, 2.05) is 24.5 Å². The summed E-state index contributed by atoms with van der Waals surface area (Å²) in [7, 11) is 0. The van der Waals surface area contributed by atoms with E-state index in [1.165, 1.54) is 59.4 Å². The fraction of sp³-hybridized carbons (Fsp3) is 0.379. The van der Waals surface area contributed by atoms with Crippen molar-refractivity contribution in [2.75, 3.05) is 0 Å². The molecule has 0 radical (unpaired) electrons. The van der Waals surface area contributed by atoms with Gasteiger partial charge in [0.05, 0.1) is 22.8 Å². The van der Waals surface area contributed by atoms with Gasteiger partial charge in [0.25, 0.3) is 0 Å². The molecule has 0 unspecified atom stereocenters. The van der Waals surface area contributed by atoms with Crippen LogP contribution in [-0.4, -0.2) is 21.4 Å². The first kappa shape index (κ1) is 29.1. The van der Waals surface area contributed by atoms with Crippen molar-refractivity contribution in [1.29, 1.82) is 0 Å². The summed E-state index contributed by atoms with van der Waals surface area (Å²) in [6.07, 6.45) is 16.0. The van der Waals surface area contributed by atoms with E-state index < -0.39 is 0 Å². The molecule has 6 heteroatoms. The van der Waals surface area contributed by atoms with Gasteiger partial charge in [0.1, 0.15) is 0 Å². The van der Waals surface area contributed by atoms with Crippen LogP contribution >= 0.6 is 34.0 Å². The minimum atomic E-state index is 0. The van der Waals surface area contributed by atoms with E-state index in [2.05, 4.69) is 61.9 Å². The number of nitrogens with one attached hydrogen (secondary N) is 2. The van der Waals surface area contributed by atoms with E-state index in [-0.39, 0.29) is 34.0 Å². The van der Waals surface area contributed by atoms with Crippen LogP contribution in [0.4, 0.5) is 0 Å². The van der Waals surface area contributed by atoms with Crippen LogP contribution in [0.25, 0.3) is 12.2 Å². The molecule has 0 bridgehead atoms. The molecule has 0 atom stereocenters. The highest BCUT2D eigenvalue weighted by Crippen LogP contribution is 2.35. The zero-order chi connectivity index (χ0) is 23.2. The zero-order valence-electron chi connectivity index (χ0n) is 21.3. The van der Waals surface area contributed by atoms with Crippen molar-refractivity contribution in [1.82, 2.24) is 9.97 Å². The van der Waals surface area contributed by atoms with Crippen molar-refractivity contribution in [2.45, 2.75) is 72.6 Å². The number of allylic oxidation sites excluding steroid dienone is 4. The summed E-state index contributed by atoms with van der Waals surface area (Å²) in [5, 5.41) is 0. The summed E-state index contributed by atoms with van der Waals surface area (Å²) in [6, 6.07) is 8.24. The molecule has 4 heterocycles. The number of nitrogens with zero attached hydrogens (tertiary/aromatic N) is 2. The standard InChI is InChI=1S/C29H36N4.2BrH/c1-5-7-13-24-20(3)26(17-22-11-9-15-30-22)32-28(24)19-29-25(14-8-6-2)21(4)27(33-29)18-23-12-10-16-31-23;;/h9-12,15-18,30-31H,5-8,13-14,19H2,1-4H3;2*1H/b26-17-,27-18+;;. The number of aliphatic imine (C=N–C) groups is 2. The van der Waals surface area contributed by atoms with E-state index in [4.69, 9.17) is 9.98 Å². The summed E-state index contributed by atoms with van der Waals surface area (Å²) in [6.45, 7) is 8.96. The maximum absolute atomic E-state index is 5.14. The molecule has 2 aromatic rings. The maximum atomic E-state index is 5.14. The molecule has 4 rings (SSSR count). The summed E-state index contributed by atoms with van der Waals surface area (Å²) in [5.41, 5.74) is 12.2. The molecule has 0 aliphatic carbocycles. The molecule has 188 valence electrons. The van der Waals surface area contributed by atoms with Crippen LogP contribution in [0.1, 0.15) is 84.0 Å². The fourth-order valence-corrected chi connectivity index (χ4v) is 4.60. The Morgan fingerprint density at radius 1 is 0.714 bits per heavy atom. The van der Waals surface area contributed by atoms with Gasteiger partial charge in [-0.05, 0) is 98.2 Å². The third kappa shape index (κ3) is 6.95. The highest BCUT2D eigenvalue weighted by molar-refractivity contribution is 8.93. The highest BCUT2D eigenvalue weighted by atomic mass is 79.9. The zero-order valence-corrected chi connectivity index (χ0v) is 24.7. The van der Waals surface area contributed by atoms with Crippen molar-refractivity contribution in [2.24, 2.45) is 9.98 Å². The molecule has 0 spiro atoms. The molecule has 0 amide bonds. The van der Waals surface area contributed by atoms with E-state index in [1.54, 1.807) is 0 Å². The van der Waals surface area contributed by atoms with Crippen LogP contribution in [0.3, 0.4) is 0 Å². The monoisotopic (exact) mass is 600 g/mol. The van der Waals surface area contributed by atoms with Crippen molar-refractivity contribution < 1.29 is 0 Å². The lowest BCUT2D eigenvalue weighted by Crippen LogP contribution is -2.11. The van der Waals surface area contributed by atoms with Crippen LogP contribution in [0.15, 0.2) is 80.3 Å². The quantitative estimate of drug-likeness (QED) is 0.273. The molecule has 35 heavy (non-hydrogen) atoms. The predicted molar refractivity (Wildman–Crippen MR) is 162 cm³/mol. The minimum absolute atomic E-state index is 0. The van der Waals surface area contributed by atoms with Gasteiger partial charge in [-0.15, -0.1) is 34.0 Å².